The highest BCUT2D eigenvalue weighted by molar-refractivity contribution is 7.10. The van der Waals surface area contributed by atoms with Crippen LogP contribution in [-0.2, 0) is 12.8 Å². The van der Waals surface area contributed by atoms with Crippen molar-refractivity contribution in [1.29, 1.82) is 0 Å². The summed E-state index contributed by atoms with van der Waals surface area (Å²) in [7, 11) is 0. The number of nitrogens with zero attached hydrogens (tertiary/aromatic N) is 1. The number of hydrogen-bond acceptors (Lipinski definition) is 4. The predicted octanol–water partition coefficient (Wildman–Crippen LogP) is 3.28. The second-order valence-electron chi connectivity index (χ2n) is 4.12. The summed E-state index contributed by atoms with van der Waals surface area (Å²) in [5, 5.41) is 9.07. The fraction of sp³-hybridized carbons (Fsp3) is 0.462. The molecule has 92 valence electrons. The van der Waals surface area contributed by atoms with Gasteiger partial charge in [0.1, 0.15) is 0 Å². The Labute approximate surface area is 111 Å². The third-order valence-corrected chi connectivity index (χ3v) is 4.50. The maximum absolute atomic E-state index is 4.54. The lowest BCUT2D eigenvalue weighted by Crippen LogP contribution is -2.32. The van der Waals surface area contributed by atoms with Crippen LogP contribution < -0.4 is 5.32 Å². The maximum atomic E-state index is 4.54. The third-order valence-electron chi connectivity index (χ3n) is 2.61. The van der Waals surface area contributed by atoms with Gasteiger partial charge in [-0.25, -0.2) is 4.98 Å². The van der Waals surface area contributed by atoms with E-state index in [1.807, 2.05) is 11.3 Å². The van der Waals surface area contributed by atoms with Crippen molar-refractivity contribution in [2.45, 2.75) is 32.7 Å². The number of aromatic nitrogens is 1. The highest BCUT2D eigenvalue weighted by Gasteiger charge is 2.12. The van der Waals surface area contributed by atoms with Crippen molar-refractivity contribution < 1.29 is 0 Å². The second-order valence-corrected chi connectivity index (χ2v) is 6.10. The molecule has 0 saturated carbocycles. The van der Waals surface area contributed by atoms with Crippen LogP contribution in [0.5, 0.6) is 0 Å². The first-order chi connectivity index (χ1) is 8.28. The number of thiazole rings is 1. The van der Waals surface area contributed by atoms with Gasteiger partial charge < -0.3 is 5.32 Å². The quantitative estimate of drug-likeness (QED) is 0.868. The Morgan fingerprint density at radius 1 is 1.35 bits per heavy atom. The number of thiophene rings is 1. The van der Waals surface area contributed by atoms with Crippen LogP contribution >= 0.6 is 22.7 Å². The van der Waals surface area contributed by atoms with Crippen molar-refractivity contribution in [2.24, 2.45) is 0 Å². The summed E-state index contributed by atoms with van der Waals surface area (Å²) >= 11 is 3.60. The van der Waals surface area contributed by atoms with Gasteiger partial charge in [0, 0.05) is 28.4 Å². The van der Waals surface area contributed by atoms with E-state index in [-0.39, 0.29) is 0 Å². The van der Waals surface area contributed by atoms with Gasteiger partial charge in [0.25, 0.3) is 0 Å². The molecule has 0 saturated heterocycles. The normalized spacial score (nSPS) is 12.8. The van der Waals surface area contributed by atoms with Crippen molar-refractivity contribution in [3.8, 4) is 0 Å². The summed E-state index contributed by atoms with van der Waals surface area (Å²) in [6.07, 6.45) is 2.13. The Morgan fingerprint density at radius 3 is 2.82 bits per heavy atom. The Balaban J connectivity index is 1.97. The lowest BCUT2D eigenvalue weighted by atomic mass is 10.1. The molecule has 0 amide bonds. The van der Waals surface area contributed by atoms with Crippen LogP contribution in [0.15, 0.2) is 22.9 Å². The summed E-state index contributed by atoms with van der Waals surface area (Å²) in [6.45, 7) is 5.23. The average Bonchev–Trinajstić information content (AvgIpc) is 2.91. The molecular weight excluding hydrogens is 248 g/mol. The zero-order chi connectivity index (χ0) is 12.1. The van der Waals surface area contributed by atoms with E-state index in [1.165, 1.54) is 9.88 Å². The smallest absolute Gasteiger partial charge is 0.0943 e. The van der Waals surface area contributed by atoms with Gasteiger partial charge in [-0.1, -0.05) is 13.0 Å². The Hall–Kier alpha value is -0.710. The number of aryl methyl sites for hydroxylation is 1. The van der Waals surface area contributed by atoms with E-state index >= 15 is 0 Å². The molecule has 0 aliphatic carbocycles. The van der Waals surface area contributed by atoms with Gasteiger partial charge in [0.05, 0.1) is 5.01 Å². The van der Waals surface area contributed by atoms with Crippen LogP contribution in [0, 0.1) is 6.92 Å². The minimum Gasteiger partial charge on any atom is -0.313 e. The zero-order valence-corrected chi connectivity index (χ0v) is 11.9. The summed E-state index contributed by atoms with van der Waals surface area (Å²) in [5.41, 5.74) is 1.14. The predicted molar refractivity (Wildman–Crippen MR) is 76.0 cm³/mol. The summed E-state index contributed by atoms with van der Waals surface area (Å²) < 4.78 is 0. The van der Waals surface area contributed by atoms with E-state index in [0.29, 0.717) is 6.04 Å². The van der Waals surface area contributed by atoms with Gasteiger partial charge >= 0.3 is 0 Å². The molecule has 2 aromatic heterocycles. The van der Waals surface area contributed by atoms with Crippen LogP contribution in [-0.4, -0.2) is 17.6 Å². The summed E-state index contributed by atoms with van der Waals surface area (Å²) in [4.78, 5) is 5.99. The highest BCUT2D eigenvalue weighted by Crippen LogP contribution is 2.16. The number of rotatable bonds is 6. The lowest BCUT2D eigenvalue weighted by molar-refractivity contribution is 0.523. The molecule has 0 aliphatic rings. The first-order valence-electron chi connectivity index (χ1n) is 5.94. The Morgan fingerprint density at radius 2 is 2.24 bits per heavy atom. The van der Waals surface area contributed by atoms with E-state index in [0.717, 1.165) is 25.1 Å². The maximum Gasteiger partial charge on any atom is 0.0943 e. The summed E-state index contributed by atoms with van der Waals surface area (Å²) in [6, 6.07) is 4.84. The molecule has 2 heterocycles. The monoisotopic (exact) mass is 266 g/mol. The molecule has 1 atom stereocenters. The first-order valence-corrected chi connectivity index (χ1v) is 7.70. The van der Waals surface area contributed by atoms with E-state index in [9.17, 15) is 0 Å². The molecule has 0 bridgehead atoms. The van der Waals surface area contributed by atoms with Crippen LogP contribution in [0.3, 0.4) is 0 Å². The van der Waals surface area contributed by atoms with Gasteiger partial charge in [0.2, 0.25) is 0 Å². The topological polar surface area (TPSA) is 24.9 Å². The van der Waals surface area contributed by atoms with Crippen molar-refractivity contribution in [3.05, 3.63) is 38.5 Å². The molecule has 4 heteroatoms. The van der Waals surface area contributed by atoms with Gasteiger partial charge in [-0.3, -0.25) is 0 Å². The van der Waals surface area contributed by atoms with Crippen molar-refractivity contribution in [2.75, 3.05) is 6.54 Å². The van der Waals surface area contributed by atoms with Crippen LogP contribution in [0.25, 0.3) is 0 Å². The molecule has 17 heavy (non-hydrogen) atoms. The fourth-order valence-electron chi connectivity index (χ4n) is 1.88. The van der Waals surface area contributed by atoms with E-state index in [2.05, 4.69) is 47.0 Å². The molecule has 2 nitrogen and oxygen atoms in total. The van der Waals surface area contributed by atoms with Gasteiger partial charge in [-0.15, -0.1) is 22.7 Å². The SMILES string of the molecule is CCNC(Cc1cccs1)Cc1nc(C)cs1. The zero-order valence-electron chi connectivity index (χ0n) is 10.3. The molecule has 0 aliphatic heterocycles. The summed E-state index contributed by atoms with van der Waals surface area (Å²) in [5.74, 6) is 0. The Kier molecular flexibility index (Phi) is 4.71. The molecule has 2 rings (SSSR count). The number of hydrogen-bond donors (Lipinski definition) is 1. The van der Waals surface area contributed by atoms with E-state index < -0.39 is 0 Å². The first kappa shape index (κ1) is 12.7. The van der Waals surface area contributed by atoms with Crippen LogP contribution in [0.4, 0.5) is 0 Å². The number of likely N-dealkylation sites (N-methyl/N-ethyl adjacent to an activating group) is 1. The van der Waals surface area contributed by atoms with Crippen LogP contribution in [0.1, 0.15) is 22.5 Å². The van der Waals surface area contributed by atoms with E-state index in [1.54, 1.807) is 11.3 Å². The van der Waals surface area contributed by atoms with Crippen LogP contribution in [0.2, 0.25) is 0 Å². The standard InChI is InChI=1S/C13H18N2S2/c1-3-14-11(7-12-5-4-6-16-12)8-13-15-10(2)9-17-13/h4-6,9,11,14H,3,7-8H2,1-2H3. The Bertz CT molecular complexity index is 434. The minimum absolute atomic E-state index is 0.504. The fourth-order valence-corrected chi connectivity index (χ4v) is 3.52. The van der Waals surface area contributed by atoms with Crippen molar-refractivity contribution >= 4 is 22.7 Å². The van der Waals surface area contributed by atoms with Gasteiger partial charge in [-0.05, 0) is 31.3 Å². The molecule has 1 N–H and O–H groups in total. The second kappa shape index (κ2) is 6.28. The van der Waals surface area contributed by atoms with E-state index in [4.69, 9.17) is 0 Å². The van der Waals surface area contributed by atoms with Crippen molar-refractivity contribution in [1.82, 2.24) is 10.3 Å². The minimum atomic E-state index is 0.504. The molecule has 0 fully saturated rings. The van der Waals surface area contributed by atoms with Gasteiger partial charge in [-0.2, -0.15) is 0 Å². The molecule has 0 aromatic carbocycles. The molecule has 0 radical (unpaired) electrons. The molecule has 0 spiro atoms. The molecular formula is C13H18N2S2. The highest BCUT2D eigenvalue weighted by atomic mass is 32.1. The van der Waals surface area contributed by atoms with Gasteiger partial charge in [0.15, 0.2) is 0 Å². The lowest BCUT2D eigenvalue weighted by Gasteiger charge is -2.15. The molecule has 1 unspecified atom stereocenters. The molecule has 2 aromatic rings. The van der Waals surface area contributed by atoms with Crippen molar-refractivity contribution in [3.63, 3.8) is 0 Å². The average molecular weight is 266 g/mol. The largest absolute Gasteiger partial charge is 0.313 e. The third kappa shape index (κ3) is 3.91. The number of nitrogens with one attached hydrogen (secondary N) is 1.